The lowest BCUT2D eigenvalue weighted by Crippen LogP contribution is -2.05. The van der Waals surface area contributed by atoms with Crippen molar-refractivity contribution >= 4 is 28.5 Å². The van der Waals surface area contributed by atoms with E-state index in [9.17, 15) is 0 Å². The van der Waals surface area contributed by atoms with Gasteiger partial charge in [-0.3, -0.25) is 4.68 Å². The second-order valence-corrected chi connectivity index (χ2v) is 5.59. The smallest absolute Gasteiger partial charge is 0.145 e. The van der Waals surface area contributed by atoms with Crippen molar-refractivity contribution in [1.82, 2.24) is 19.7 Å². The Morgan fingerprint density at radius 3 is 2.82 bits per heavy atom. The Morgan fingerprint density at radius 1 is 1.27 bits per heavy atom. The molecule has 0 spiro atoms. The largest absolute Gasteiger partial charge is 0.365 e. The van der Waals surface area contributed by atoms with Gasteiger partial charge in [0.25, 0.3) is 0 Å². The monoisotopic (exact) mass is 315 g/mol. The van der Waals surface area contributed by atoms with Crippen LogP contribution in [0.5, 0.6) is 0 Å². The summed E-state index contributed by atoms with van der Waals surface area (Å²) in [5.74, 6) is 0.734. The molecule has 0 amide bonds. The number of benzene rings is 1. The first-order valence-corrected chi connectivity index (χ1v) is 7.66. The van der Waals surface area contributed by atoms with E-state index in [1.54, 1.807) is 6.20 Å². The maximum Gasteiger partial charge on any atom is 0.145 e. The van der Waals surface area contributed by atoms with Gasteiger partial charge in [0.1, 0.15) is 11.3 Å². The van der Waals surface area contributed by atoms with Gasteiger partial charge in [0.15, 0.2) is 0 Å². The van der Waals surface area contributed by atoms with Gasteiger partial charge in [-0.15, -0.1) is 0 Å². The molecule has 2 aromatic heterocycles. The number of aromatic nitrogens is 4. The zero-order valence-corrected chi connectivity index (χ0v) is 13.6. The molecule has 6 heteroatoms. The molecule has 0 aliphatic heterocycles. The minimum Gasteiger partial charge on any atom is -0.365 e. The summed E-state index contributed by atoms with van der Waals surface area (Å²) < 4.78 is 2.01. The van der Waals surface area contributed by atoms with Gasteiger partial charge in [-0.05, 0) is 32.9 Å². The number of aryl methyl sites for hydroxylation is 2. The number of nitrogens with one attached hydrogen (secondary N) is 1. The Hall–Kier alpha value is -2.14. The average molecular weight is 316 g/mol. The Morgan fingerprint density at radius 2 is 2.09 bits per heavy atom. The molecule has 0 bridgehead atoms. The summed E-state index contributed by atoms with van der Waals surface area (Å²) in [4.78, 5) is 8.93. The van der Waals surface area contributed by atoms with Gasteiger partial charge < -0.3 is 5.32 Å². The highest BCUT2D eigenvalue weighted by Gasteiger charge is 2.11. The third kappa shape index (κ3) is 2.64. The predicted octanol–water partition coefficient (Wildman–Crippen LogP) is 3.73. The third-order valence-electron chi connectivity index (χ3n) is 3.80. The highest BCUT2D eigenvalue weighted by molar-refractivity contribution is 6.34. The number of hydrogen-bond acceptors (Lipinski definition) is 4. The number of para-hydroxylation sites is 1. The van der Waals surface area contributed by atoms with Crippen LogP contribution >= 0.6 is 11.6 Å². The summed E-state index contributed by atoms with van der Waals surface area (Å²) in [5.41, 5.74) is 4.94. The van der Waals surface area contributed by atoms with Gasteiger partial charge >= 0.3 is 0 Å². The molecule has 22 heavy (non-hydrogen) atoms. The normalized spacial score (nSPS) is 11.1. The molecule has 5 nitrogen and oxygen atoms in total. The molecule has 2 heterocycles. The summed E-state index contributed by atoms with van der Waals surface area (Å²) in [6, 6.07) is 5.60. The van der Waals surface area contributed by atoms with Crippen molar-refractivity contribution in [3.63, 3.8) is 0 Å². The van der Waals surface area contributed by atoms with Gasteiger partial charge in [-0.1, -0.05) is 17.7 Å². The summed E-state index contributed by atoms with van der Waals surface area (Å²) in [6.07, 6.45) is 1.71. The molecular weight excluding hydrogens is 298 g/mol. The van der Waals surface area contributed by atoms with Crippen LogP contribution in [-0.2, 0) is 13.1 Å². The number of fused-ring (bicyclic) bond motifs is 1. The average Bonchev–Trinajstić information content (AvgIpc) is 2.79. The lowest BCUT2D eigenvalue weighted by Gasteiger charge is -2.07. The molecule has 0 fully saturated rings. The van der Waals surface area contributed by atoms with Crippen molar-refractivity contribution < 1.29 is 0 Å². The quantitative estimate of drug-likeness (QED) is 0.797. The molecule has 0 saturated heterocycles. The molecule has 3 rings (SSSR count). The molecular formula is C16H18ClN5. The first-order chi connectivity index (χ1) is 10.6. The van der Waals surface area contributed by atoms with E-state index in [4.69, 9.17) is 11.6 Å². The van der Waals surface area contributed by atoms with E-state index in [1.165, 1.54) is 11.3 Å². The molecule has 0 aliphatic rings. The van der Waals surface area contributed by atoms with Crippen LogP contribution in [-0.4, -0.2) is 19.7 Å². The fourth-order valence-electron chi connectivity index (χ4n) is 2.57. The lowest BCUT2D eigenvalue weighted by atomic mass is 10.2. The van der Waals surface area contributed by atoms with Crippen LogP contribution in [0.3, 0.4) is 0 Å². The van der Waals surface area contributed by atoms with Crippen LogP contribution in [0.4, 0.5) is 5.82 Å². The Labute approximate surface area is 134 Å². The minimum absolute atomic E-state index is 0.618. The fraction of sp³-hybridized carbons (Fsp3) is 0.312. The first kappa shape index (κ1) is 14.8. The molecule has 0 radical (unpaired) electrons. The highest BCUT2D eigenvalue weighted by Crippen LogP contribution is 2.21. The van der Waals surface area contributed by atoms with Gasteiger partial charge in [0.2, 0.25) is 0 Å². The third-order valence-corrected chi connectivity index (χ3v) is 4.10. The van der Waals surface area contributed by atoms with Gasteiger partial charge in [0, 0.05) is 24.3 Å². The molecule has 0 unspecified atom stereocenters. The van der Waals surface area contributed by atoms with E-state index >= 15 is 0 Å². The van der Waals surface area contributed by atoms with Crippen LogP contribution in [0.25, 0.3) is 11.0 Å². The van der Waals surface area contributed by atoms with E-state index in [-0.39, 0.29) is 0 Å². The van der Waals surface area contributed by atoms with Crippen molar-refractivity contribution in [3.05, 3.63) is 46.4 Å². The zero-order valence-electron chi connectivity index (χ0n) is 12.9. The topological polar surface area (TPSA) is 55.6 Å². The van der Waals surface area contributed by atoms with Crippen molar-refractivity contribution in [2.24, 2.45) is 0 Å². The molecule has 0 atom stereocenters. The molecule has 114 valence electrons. The number of nitrogens with zero attached hydrogens (tertiary/aromatic N) is 4. The van der Waals surface area contributed by atoms with E-state index in [0.29, 0.717) is 11.6 Å². The zero-order chi connectivity index (χ0) is 15.7. The number of anilines is 1. The summed E-state index contributed by atoms with van der Waals surface area (Å²) in [7, 11) is 0. The second kappa shape index (κ2) is 5.93. The molecule has 3 aromatic rings. The Bertz CT molecular complexity index is 825. The minimum atomic E-state index is 0.618. The molecule has 0 aliphatic carbocycles. The van der Waals surface area contributed by atoms with E-state index in [2.05, 4.69) is 34.2 Å². The van der Waals surface area contributed by atoms with Gasteiger partial charge in [-0.2, -0.15) is 5.10 Å². The number of halogens is 1. The standard InChI is InChI=1S/C16H18ClN5/c1-4-22-11(3)12(10(2)21-22)8-18-15-9-19-16-13(17)6-5-7-14(16)20-15/h5-7,9H,4,8H2,1-3H3,(H,18,20). The maximum atomic E-state index is 6.11. The lowest BCUT2D eigenvalue weighted by molar-refractivity contribution is 0.633. The van der Waals surface area contributed by atoms with Gasteiger partial charge in [-0.25, -0.2) is 9.97 Å². The SMILES string of the molecule is CCn1nc(C)c(CNc2cnc3c(Cl)cccc3n2)c1C. The Kier molecular flexibility index (Phi) is 3.98. The molecule has 0 saturated carbocycles. The number of hydrogen-bond donors (Lipinski definition) is 1. The van der Waals surface area contributed by atoms with Crippen molar-refractivity contribution in [2.75, 3.05) is 5.32 Å². The van der Waals surface area contributed by atoms with Crippen molar-refractivity contribution in [1.29, 1.82) is 0 Å². The highest BCUT2D eigenvalue weighted by atomic mass is 35.5. The van der Waals surface area contributed by atoms with E-state index in [1.807, 2.05) is 29.8 Å². The number of rotatable bonds is 4. The van der Waals surface area contributed by atoms with Crippen LogP contribution in [0, 0.1) is 13.8 Å². The second-order valence-electron chi connectivity index (χ2n) is 5.18. The fourth-order valence-corrected chi connectivity index (χ4v) is 2.79. The van der Waals surface area contributed by atoms with Crippen LogP contribution in [0.2, 0.25) is 5.02 Å². The van der Waals surface area contributed by atoms with E-state index in [0.717, 1.165) is 29.1 Å². The van der Waals surface area contributed by atoms with E-state index < -0.39 is 0 Å². The van der Waals surface area contributed by atoms with Crippen LogP contribution in [0.15, 0.2) is 24.4 Å². The van der Waals surface area contributed by atoms with Crippen molar-refractivity contribution in [3.8, 4) is 0 Å². The predicted molar refractivity (Wildman–Crippen MR) is 89.2 cm³/mol. The van der Waals surface area contributed by atoms with Gasteiger partial charge in [0.05, 0.1) is 22.4 Å². The molecule has 1 N–H and O–H groups in total. The first-order valence-electron chi connectivity index (χ1n) is 7.28. The Balaban J connectivity index is 1.84. The molecule has 1 aromatic carbocycles. The van der Waals surface area contributed by atoms with Crippen LogP contribution in [0.1, 0.15) is 23.9 Å². The van der Waals surface area contributed by atoms with Crippen molar-refractivity contribution in [2.45, 2.75) is 33.9 Å². The van der Waals surface area contributed by atoms with Crippen LogP contribution < -0.4 is 5.32 Å². The summed E-state index contributed by atoms with van der Waals surface area (Å²) in [6.45, 7) is 7.77. The summed E-state index contributed by atoms with van der Waals surface area (Å²) in [5, 5.41) is 8.47. The summed E-state index contributed by atoms with van der Waals surface area (Å²) >= 11 is 6.11. The maximum absolute atomic E-state index is 6.11.